The van der Waals surface area contributed by atoms with Gasteiger partial charge in [0, 0.05) is 6.08 Å². The van der Waals surface area contributed by atoms with Gasteiger partial charge in [-0.05, 0) is 43.0 Å². The summed E-state index contributed by atoms with van der Waals surface area (Å²) in [7, 11) is 4.72. The fraction of sp³-hybridized carbons (Fsp3) is 0.412. The average molecular weight is 368 g/mol. The first-order chi connectivity index (χ1) is 11.6. The van der Waals surface area contributed by atoms with Crippen LogP contribution in [0, 0.1) is 0 Å². The number of ether oxygens (including phenoxy) is 3. The number of aromatic nitrogens is 2. The van der Waals surface area contributed by atoms with Gasteiger partial charge in [-0.15, -0.1) is 12.4 Å². The summed E-state index contributed by atoms with van der Waals surface area (Å²) in [4.78, 5) is 4.36. The minimum Gasteiger partial charge on any atom is -0.493 e. The van der Waals surface area contributed by atoms with Gasteiger partial charge in [-0.2, -0.15) is 4.98 Å². The molecule has 0 unspecified atom stereocenters. The predicted molar refractivity (Wildman–Crippen MR) is 96.3 cm³/mol. The van der Waals surface area contributed by atoms with Crippen LogP contribution in [0.15, 0.2) is 16.7 Å². The van der Waals surface area contributed by atoms with Crippen LogP contribution < -0.4 is 19.9 Å². The summed E-state index contributed by atoms with van der Waals surface area (Å²) in [6.45, 7) is 0. The molecule has 25 heavy (non-hydrogen) atoms. The third-order valence-corrected chi connectivity index (χ3v) is 4.24. The quantitative estimate of drug-likeness (QED) is 0.838. The molecule has 136 valence electrons. The summed E-state index contributed by atoms with van der Waals surface area (Å²) in [6.07, 6.45) is 6.46. The van der Waals surface area contributed by atoms with E-state index in [9.17, 15) is 0 Å². The van der Waals surface area contributed by atoms with Crippen LogP contribution in [0.25, 0.3) is 12.2 Å². The Balaban J connectivity index is 0.00000225. The minimum absolute atomic E-state index is 0. The normalized spacial score (nSPS) is 15.4. The van der Waals surface area contributed by atoms with E-state index in [2.05, 4.69) is 10.1 Å². The van der Waals surface area contributed by atoms with Gasteiger partial charge in [-0.25, -0.2) is 0 Å². The molecule has 0 saturated heterocycles. The van der Waals surface area contributed by atoms with E-state index >= 15 is 0 Å². The van der Waals surface area contributed by atoms with Crippen molar-refractivity contribution in [3.05, 3.63) is 29.4 Å². The van der Waals surface area contributed by atoms with Crippen LogP contribution in [0.1, 0.15) is 36.5 Å². The van der Waals surface area contributed by atoms with E-state index in [1.807, 2.05) is 18.2 Å². The maximum absolute atomic E-state index is 6.20. The van der Waals surface area contributed by atoms with Crippen LogP contribution in [0.4, 0.5) is 0 Å². The van der Waals surface area contributed by atoms with Crippen LogP contribution >= 0.6 is 12.4 Å². The summed E-state index contributed by atoms with van der Waals surface area (Å²) < 4.78 is 21.2. The van der Waals surface area contributed by atoms with Crippen molar-refractivity contribution < 1.29 is 18.7 Å². The number of halogens is 1. The molecular weight excluding hydrogens is 346 g/mol. The van der Waals surface area contributed by atoms with Gasteiger partial charge in [-0.3, -0.25) is 0 Å². The van der Waals surface area contributed by atoms with Crippen LogP contribution in [-0.4, -0.2) is 31.5 Å². The highest BCUT2D eigenvalue weighted by Gasteiger charge is 2.38. The number of benzene rings is 1. The number of nitrogens with two attached hydrogens (primary N) is 1. The summed E-state index contributed by atoms with van der Waals surface area (Å²) in [5, 5.41) is 3.99. The van der Waals surface area contributed by atoms with Gasteiger partial charge in [0.15, 0.2) is 17.3 Å². The Morgan fingerprint density at radius 3 is 2.20 bits per heavy atom. The van der Waals surface area contributed by atoms with E-state index < -0.39 is 5.54 Å². The molecule has 2 N–H and O–H groups in total. The summed E-state index contributed by atoms with van der Waals surface area (Å²) >= 11 is 0. The van der Waals surface area contributed by atoms with Gasteiger partial charge >= 0.3 is 0 Å². The summed E-state index contributed by atoms with van der Waals surface area (Å²) in [5.41, 5.74) is 6.62. The molecule has 1 aromatic heterocycles. The van der Waals surface area contributed by atoms with Crippen molar-refractivity contribution in [2.24, 2.45) is 5.73 Å². The molecule has 0 atom stereocenters. The maximum atomic E-state index is 6.20. The smallest absolute Gasteiger partial charge is 0.250 e. The second-order valence-corrected chi connectivity index (χ2v) is 5.76. The standard InChI is InChI=1S/C17H21N3O4.ClH/c1-21-12-9-11(10-13(22-2)15(12)23-3)5-6-14-19-16(20-24-14)17(18)7-4-8-17;/h5-6,9-10H,4,7-8,18H2,1-3H3;1H/b6-5+;. The van der Waals surface area contributed by atoms with Crippen LogP contribution in [-0.2, 0) is 5.54 Å². The zero-order valence-electron chi connectivity index (χ0n) is 14.4. The molecule has 1 aliphatic carbocycles. The maximum Gasteiger partial charge on any atom is 0.250 e. The molecule has 0 spiro atoms. The molecule has 3 rings (SSSR count). The van der Waals surface area contributed by atoms with E-state index in [0.29, 0.717) is 29.0 Å². The molecule has 2 aromatic rings. The number of nitrogens with zero attached hydrogens (tertiary/aromatic N) is 2. The van der Waals surface area contributed by atoms with Crippen LogP contribution in [0.3, 0.4) is 0 Å². The van der Waals surface area contributed by atoms with E-state index in [4.69, 9.17) is 24.5 Å². The van der Waals surface area contributed by atoms with Gasteiger partial charge < -0.3 is 24.5 Å². The Labute approximate surface area is 152 Å². The number of hydrogen-bond donors (Lipinski definition) is 1. The molecule has 7 nitrogen and oxygen atoms in total. The van der Waals surface area contributed by atoms with Crippen molar-refractivity contribution in [1.82, 2.24) is 10.1 Å². The third kappa shape index (κ3) is 3.72. The average Bonchev–Trinajstić information content (AvgIpc) is 3.06. The Morgan fingerprint density at radius 1 is 1.08 bits per heavy atom. The van der Waals surface area contributed by atoms with E-state index in [0.717, 1.165) is 24.8 Å². The van der Waals surface area contributed by atoms with Gasteiger partial charge in [0.2, 0.25) is 5.75 Å². The highest BCUT2D eigenvalue weighted by Crippen LogP contribution is 2.39. The molecule has 1 fully saturated rings. The Hall–Kier alpha value is -2.25. The fourth-order valence-electron chi connectivity index (χ4n) is 2.65. The van der Waals surface area contributed by atoms with Crippen molar-refractivity contribution in [2.45, 2.75) is 24.8 Å². The largest absolute Gasteiger partial charge is 0.493 e. The Bertz CT molecular complexity index is 731. The van der Waals surface area contributed by atoms with Crippen LogP contribution in [0.5, 0.6) is 17.2 Å². The van der Waals surface area contributed by atoms with E-state index in [1.54, 1.807) is 27.4 Å². The first-order valence-corrected chi connectivity index (χ1v) is 7.71. The second kappa shape index (κ2) is 7.76. The molecule has 0 aliphatic heterocycles. The van der Waals surface area contributed by atoms with Crippen molar-refractivity contribution in [2.75, 3.05) is 21.3 Å². The highest BCUT2D eigenvalue weighted by molar-refractivity contribution is 5.85. The first kappa shape index (κ1) is 19.1. The molecule has 0 amide bonds. The molecule has 1 heterocycles. The lowest BCUT2D eigenvalue weighted by Gasteiger charge is -2.34. The predicted octanol–water partition coefficient (Wildman–Crippen LogP) is 3.03. The number of rotatable bonds is 6. The number of hydrogen-bond acceptors (Lipinski definition) is 7. The zero-order valence-corrected chi connectivity index (χ0v) is 15.3. The van der Waals surface area contributed by atoms with Gasteiger partial charge in [0.25, 0.3) is 5.89 Å². The Morgan fingerprint density at radius 2 is 1.72 bits per heavy atom. The molecule has 8 heteroatoms. The first-order valence-electron chi connectivity index (χ1n) is 7.71. The topological polar surface area (TPSA) is 92.6 Å². The lowest BCUT2D eigenvalue weighted by atomic mass is 9.77. The van der Waals surface area contributed by atoms with Gasteiger partial charge in [-0.1, -0.05) is 5.16 Å². The monoisotopic (exact) mass is 367 g/mol. The van der Waals surface area contributed by atoms with Gasteiger partial charge in [0.1, 0.15) is 0 Å². The molecule has 1 saturated carbocycles. The van der Waals surface area contributed by atoms with Crippen molar-refractivity contribution >= 4 is 24.6 Å². The molecule has 1 aliphatic rings. The fourth-order valence-corrected chi connectivity index (χ4v) is 2.65. The minimum atomic E-state index is -0.428. The third-order valence-electron chi connectivity index (χ3n) is 4.24. The number of methoxy groups -OCH3 is 3. The summed E-state index contributed by atoms with van der Waals surface area (Å²) in [5.74, 6) is 2.69. The molecule has 1 aromatic carbocycles. The van der Waals surface area contributed by atoms with Crippen molar-refractivity contribution in [1.29, 1.82) is 0 Å². The zero-order chi connectivity index (χ0) is 17.2. The Kier molecular flexibility index (Phi) is 5.92. The van der Waals surface area contributed by atoms with Crippen molar-refractivity contribution in [3.8, 4) is 17.2 Å². The molecule has 0 bridgehead atoms. The summed E-state index contributed by atoms with van der Waals surface area (Å²) in [6, 6.07) is 3.68. The van der Waals surface area contributed by atoms with Gasteiger partial charge in [0.05, 0.1) is 26.9 Å². The van der Waals surface area contributed by atoms with E-state index in [-0.39, 0.29) is 12.4 Å². The second-order valence-electron chi connectivity index (χ2n) is 5.76. The van der Waals surface area contributed by atoms with Crippen molar-refractivity contribution in [3.63, 3.8) is 0 Å². The van der Waals surface area contributed by atoms with E-state index in [1.165, 1.54) is 0 Å². The highest BCUT2D eigenvalue weighted by atomic mass is 35.5. The lowest BCUT2D eigenvalue weighted by molar-refractivity contribution is 0.229. The lowest BCUT2D eigenvalue weighted by Crippen LogP contribution is -2.44. The molecule has 0 radical (unpaired) electrons. The molecular formula is C17H22ClN3O4. The van der Waals surface area contributed by atoms with Crippen LogP contribution in [0.2, 0.25) is 0 Å². The SMILES string of the molecule is COc1cc(/C=C/c2nc(C3(N)CCC3)no2)cc(OC)c1OC.Cl.